The molecular formula is C18H14F4N4O4S2. The van der Waals surface area contributed by atoms with E-state index >= 15 is 0 Å². The van der Waals surface area contributed by atoms with Crippen molar-refractivity contribution in [3.8, 4) is 10.7 Å². The Bertz CT molecular complexity index is 1250. The van der Waals surface area contributed by atoms with Crippen LogP contribution in [-0.4, -0.2) is 42.5 Å². The number of rotatable bonds is 5. The zero-order valence-electron chi connectivity index (χ0n) is 16.0. The Hall–Kier alpha value is -2.84. The highest BCUT2D eigenvalue weighted by Crippen LogP contribution is 2.35. The van der Waals surface area contributed by atoms with Gasteiger partial charge in [0.15, 0.2) is 0 Å². The molecule has 8 nitrogen and oxygen atoms in total. The van der Waals surface area contributed by atoms with Gasteiger partial charge in [0.2, 0.25) is 11.7 Å². The van der Waals surface area contributed by atoms with Crippen LogP contribution in [0.15, 0.2) is 39.8 Å². The number of thiophene rings is 1. The predicted octanol–water partition coefficient (Wildman–Crippen LogP) is 2.82. The molecule has 4 rings (SSSR count). The molecule has 0 fully saturated rings. The molecule has 0 aliphatic carbocycles. The van der Waals surface area contributed by atoms with Gasteiger partial charge in [0.1, 0.15) is 5.82 Å². The number of fused-ring (bicyclic) bond motifs is 1. The van der Waals surface area contributed by atoms with Crippen molar-refractivity contribution in [3.63, 3.8) is 0 Å². The molecular weight excluding hydrogens is 476 g/mol. The number of amides is 1. The topological polar surface area (TPSA) is 105 Å². The lowest BCUT2D eigenvalue weighted by atomic mass is 10.1. The first-order valence-corrected chi connectivity index (χ1v) is 11.4. The van der Waals surface area contributed by atoms with E-state index in [0.29, 0.717) is 24.4 Å². The average molecular weight is 490 g/mol. The molecule has 170 valence electrons. The van der Waals surface area contributed by atoms with E-state index < -0.39 is 33.8 Å². The minimum atomic E-state index is -4.74. The number of hydrogen-bond acceptors (Lipinski definition) is 8. The van der Waals surface area contributed by atoms with Gasteiger partial charge in [0.25, 0.3) is 10.0 Å². The Morgan fingerprint density at radius 2 is 1.97 bits per heavy atom. The maximum Gasteiger partial charge on any atom is 0.471 e. The SMILES string of the molecule is O=C(CN1CCc2sc(-c3noc(C(F)(F)F)n3)cc2C1)NS(=O)(=O)c1ccc(F)cc1. The molecule has 0 unspecified atom stereocenters. The lowest BCUT2D eigenvalue weighted by Gasteiger charge is -2.25. The molecule has 0 radical (unpaired) electrons. The van der Waals surface area contributed by atoms with Crippen molar-refractivity contribution < 1.29 is 35.3 Å². The second kappa shape index (κ2) is 8.26. The summed E-state index contributed by atoms with van der Waals surface area (Å²) >= 11 is 1.24. The van der Waals surface area contributed by atoms with Gasteiger partial charge in [-0.1, -0.05) is 5.16 Å². The van der Waals surface area contributed by atoms with Gasteiger partial charge < -0.3 is 4.52 Å². The molecule has 0 saturated carbocycles. The van der Waals surface area contributed by atoms with Crippen LogP contribution in [-0.2, 0) is 34.0 Å². The van der Waals surface area contributed by atoms with Gasteiger partial charge >= 0.3 is 12.1 Å². The van der Waals surface area contributed by atoms with Gasteiger partial charge in [-0.05, 0) is 42.3 Å². The standard InChI is InChI=1S/C18H14F4N4O4S2/c19-11-1-3-12(4-2-11)32(28,29)25-15(27)9-26-6-5-13-10(8-26)7-14(31-13)16-23-17(30-24-16)18(20,21)22/h1-4,7H,5-6,8-9H2,(H,25,27). The molecule has 1 aliphatic heterocycles. The minimum Gasteiger partial charge on any atom is -0.329 e. The maximum absolute atomic E-state index is 13.0. The third-order valence-corrected chi connectivity index (χ3v) is 7.20. The summed E-state index contributed by atoms with van der Waals surface area (Å²) in [6.07, 6.45) is -4.22. The number of halogens is 4. The third kappa shape index (κ3) is 4.81. The average Bonchev–Trinajstić information content (AvgIpc) is 3.34. The zero-order valence-corrected chi connectivity index (χ0v) is 17.7. The van der Waals surface area contributed by atoms with Gasteiger partial charge in [0.05, 0.1) is 16.3 Å². The van der Waals surface area contributed by atoms with E-state index in [1.165, 1.54) is 11.3 Å². The van der Waals surface area contributed by atoms with Gasteiger partial charge in [-0.2, -0.15) is 18.2 Å². The summed E-state index contributed by atoms with van der Waals surface area (Å²) in [5, 5.41) is 3.37. The molecule has 1 amide bonds. The number of aromatic nitrogens is 2. The highest BCUT2D eigenvalue weighted by atomic mass is 32.2. The molecule has 0 bridgehead atoms. The first-order chi connectivity index (χ1) is 15.0. The summed E-state index contributed by atoms with van der Waals surface area (Å²) < 4.78 is 81.7. The van der Waals surface area contributed by atoms with Crippen molar-refractivity contribution >= 4 is 27.3 Å². The number of carbonyl (C=O) groups excluding carboxylic acids is 1. The highest BCUT2D eigenvalue weighted by Gasteiger charge is 2.38. The fourth-order valence-electron chi connectivity index (χ4n) is 3.13. The van der Waals surface area contributed by atoms with Crippen molar-refractivity contribution in [2.45, 2.75) is 24.0 Å². The summed E-state index contributed by atoms with van der Waals surface area (Å²) in [5.74, 6) is -2.97. The van der Waals surface area contributed by atoms with Crippen LogP contribution in [0.5, 0.6) is 0 Å². The molecule has 14 heteroatoms. The number of benzene rings is 1. The van der Waals surface area contributed by atoms with Gasteiger partial charge in [-0.15, -0.1) is 11.3 Å². The van der Waals surface area contributed by atoms with Crippen molar-refractivity contribution in [2.24, 2.45) is 0 Å². The summed E-state index contributed by atoms with van der Waals surface area (Å²) in [4.78, 5) is 18.4. The van der Waals surface area contributed by atoms with Gasteiger partial charge in [0, 0.05) is 18.0 Å². The molecule has 0 spiro atoms. The van der Waals surface area contributed by atoms with Crippen molar-refractivity contribution in [2.75, 3.05) is 13.1 Å². The largest absolute Gasteiger partial charge is 0.471 e. The fourth-order valence-corrected chi connectivity index (χ4v) is 5.20. The smallest absolute Gasteiger partial charge is 0.329 e. The van der Waals surface area contributed by atoms with Gasteiger partial charge in [-0.3, -0.25) is 9.69 Å². The lowest BCUT2D eigenvalue weighted by Crippen LogP contribution is -2.41. The fraction of sp³-hybridized carbons (Fsp3) is 0.278. The van der Waals surface area contributed by atoms with Crippen LogP contribution in [0.1, 0.15) is 16.3 Å². The first kappa shape index (κ1) is 22.4. The van der Waals surface area contributed by atoms with Crippen LogP contribution in [0.3, 0.4) is 0 Å². The molecule has 3 heterocycles. The maximum atomic E-state index is 13.0. The van der Waals surface area contributed by atoms with Crippen molar-refractivity contribution in [1.82, 2.24) is 19.8 Å². The minimum absolute atomic E-state index is 0.175. The van der Waals surface area contributed by atoms with E-state index in [0.717, 1.165) is 34.7 Å². The van der Waals surface area contributed by atoms with Crippen LogP contribution in [0, 0.1) is 5.82 Å². The summed E-state index contributed by atoms with van der Waals surface area (Å²) in [6.45, 7) is 0.516. The molecule has 3 aromatic rings. The van der Waals surface area contributed by atoms with E-state index in [2.05, 4.69) is 14.7 Å². The van der Waals surface area contributed by atoms with E-state index in [1.54, 1.807) is 11.0 Å². The van der Waals surface area contributed by atoms with E-state index in [-0.39, 0.29) is 17.3 Å². The third-order valence-electron chi connectivity index (χ3n) is 4.57. The zero-order chi connectivity index (χ0) is 23.1. The summed E-state index contributed by atoms with van der Waals surface area (Å²) in [6, 6.07) is 5.67. The number of nitrogens with one attached hydrogen (secondary N) is 1. The molecule has 1 N–H and O–H groups in total. The molecule has 0 saturated heterocycles. The second-order valence-electron chi connectivity index (χ2n) is 6.92. The molecule has 32 heavy (non-hydrogen) atoms. The van der Waals surface area contributed by atoms with Crippen molar-refractivity contribution in [3.05, 3.63) is 52.5 Å². The van der Waals surface area contributed by atoms with Crippen LogP contribution >= 0.6 is 11.3 Å². The Morgan fingerprint density at radius 1 is 1.25 bits per heavy atom. The highest BCUT2D eigenvalue weighted by molar-refractivity contribution is 7.90. The normalized spacial score (nSPS) is 14.9. The Kier molecular flexibility index (Phi) is 5.77. The molecule has 1 aliphatic rings. The monoisotopic (exact) mass is 490 g/mol. The van der Waals surface area contributed by atoms with E-state index in [1.807, 2.05) is 4.72 Å². The Morgan fingerprint density at radius 3 is 2.62 bits per heavy atom. The lowest BCUT2D eigenvalue weighted by molar-refractivity contribution is -0.159. The van der Waals surface area contributed by atoms with Crippen molar-refractivity contribution in [1.29, 1.82) is 0 Å². The summed E-state index contributed by atoms with van der Waals surface area (Å²) in [7, 11) is -4.14. The number of carbonyl (C=O) groups is 1. The molecule has 0 atom stereocenters. The van der Waals surface area contributed by atoms with Crippen LogP contribution in [0.2, 0.25) is 0 Å². The first-order valence-electron chi connectivity index (χ1n) is 9.08. The van der Waals surface area contributed by atoms with E-state index in [9.17, 15) is 30.8 Å². The second-order valence-corrected chi connectivity index (χ2v) is 9.74. The van der Waals surface area contributed by atoms with Crippen LogP contribution in [0.4, 0.5) is 17.6 Å². The summed E-state index contributed by atoms with van der Waals surface area (Å²) in [5.41, 5.74) is 0.781. The molecule has 2 aromatic heterocycles. The molecule has 1 aromatic carbocycles. The van der Waals surface area contributed by atoms with Crippen LogP contribution < -0.4 is 4.72 Å². The number of sulfonamides is 1. The van der Waals surface area contributed by atoms with E-state index in [4.69, 9.17) is 0 Å². The van der Waals surface area contributed by atoms with Crippen LogP contribution in [0.25, 0.3) is 10.7 Å². The number of alkyl halides is 3. The Labute approximate surface area is 182 Å². The number of nitrogens with zero attached hydrogens (tertiary/aromatic N) is 3. The quantitative estimate of drug-likeness (QED) is 0.549. The van der Waals surface area contributed by atoms with Gasteiger partial charge in [-0.25, -0.2) is 17.5 Å². The Balaban J connectivity index is 1.41. The number of hydrogen-bond donors (Lipinski definition) is 1. The predicted molar refractivity (Wildman–Crippen MR) is 103 cm³/mol.